The Hall–Kier alpha value is -2.05. The van der Waals surface area contributed by atoms with Gasteiger partial charge in [0.15, 0.2) is 0 Å². The van der Waals surface area contributed by atoms with E-state index < -0.39 is 11.5 Å². The Morgan fingerprint density at radius 1 is 1.19 bits per heavy atom. The number of carboxylic acid groups (broad SMARTS) is 1. The number of hydrogen-bond donors (Lipinski definition) is 2. The second-order valence-corrected chi connectivity index (χ2v) is 10.6. The summed E-state index contributed by atoms with van der Waals surface area (Å²) in [7, 11) is 0. The number of anilines is 1. The summed E-state index contributed by atoms with van der Waals surface area (Å²) in [6.45, 7) is 0.432. The van der Waals surface area contributed by atoms with Crippen LogP contribution < -0.4 is 10.9 Å². The molecule has 4 saturated carbocycles. The van der Waals surface area contributed by atoms with Crippen LogP contribution in [0.25, 0.3) is 0 Å². The molecule has 8 heteroatoms. The molecule has 0 radical (unpaired) electrons. The van der Waals surface area contributed by atoms with Gasteiger partial charge in [-0.15, -0.1) is 0 Å². The number of carboxylic acids is 1. The van der Waals surface area contributed by atoms with Gasteiger partial charge in [-0.25, -0.2) is 4.68 Å². The number of nitrogens with one attached hydrogen (secondary N) is 1. The third-order valence-electron chi connectivity index (χ3n) is 7.47. The largest absolute Gasteiger partial charge is 0.481 e. The van der Waals surface area contributed by atoms with Gasteiger partial charge >= 0.3 is 5.97 Å². The number of nitrogens with zero attached hydrogens (tertiary/aromatic N) is 2. The quantitative estimate of drug-likeness (QED) is 0.636. The predicted octanol–water partition coefficient (Wildman–Crippen LogP) is 4.93. The molecule has 0 amide bonds. The molecule has 4 atom stereocenters. The lowest BCUT2D eigenvalue weighted by atomic mass is 9.46. The van der Waals surface area contributed by atoms with Gasteiger partial charge in [0.2, 0.25) is 0 Å². The SMILES string of the molecule is O=C(O)CC12C[C@H]3C[C@@H](C1)CC(n1ncc(NCc4ccccc4Cl)c(Cl)c1=O)(C3)C2. The summed E-state index contributed by atoms with van der Waals surface area (Å²) in [5.74, 6) is 0.145. The van der Waals surface area contributed by atoms with Gasteiger partial charge < -0.3 is 10.4 Å². The molecule has 0 saturated heterocycles. The highest BCUT2D eigenvalue weighted by molar-refractivity contribution is 6.33. The van der Waals surface area contributed by atoms with Gasteiger partial charge in [0.25, 0.3) is 5.56 Å². The standard InChI is InChI=1S/C23H25Cl2N3O3/c24-17-4-2-1-3-16(17)11-26-18-12-27-28(21(31)20(18)25)23-8-14-5-15(9-23)7-22(6-14,13-23)10-19(29)30/h1-4,12,14-15,26H,5-11,13H2,(H,29,30)/t14-,15+,22?,23?. The maximum atomic E-state index is 13.3. The van der Waals surface area contributed by atoms with Crippen molar-refractivity contribution in [2.24, 2.45) is 17.3 Å². The van der Waals surface area contributed by atoms with Crippen molar-refractivity contribution >= 4 is 34.9 Å². The number of rotatable bonds is 6. The van der Waals surface area contributed by atoms with Crippen LogP contribution in [0.15, 0.2) is 35.3 Å². The fourth-order valence-corrected chi connectivity index (χ4v) is 7.30. The molecule has 4 aliphatic rings. The highest BCUT2D eigenvalue weighted by Crippen LogP contribution is 2.65. The number of hydrogen-bond acceptors (Lipinski definition) is 4. The Labute approximate surface area is 190 Å². The lowest BCUT2D eigenvalue weighted by Crippen LogP contribution is -2.59. The molecule has 2 N–H and O–H groups in total. The summed E-state index contributed by atoms with van der Waals surface area (Å²) >= 11 is 12.7. The first kappa shape index (κ1) is 20.8. The molecule has 2 aromatic rings. The lowest BCUT2D eigenvalue weighted by Gasteiger charge is -2.61. The van der Waals surface area contributed by atoms with Crippen LogP contribution in [0.1, 0.15) is 50.5 Å². The van der Waals surface area contributed by atoms with Gasteiger partial charge in [-0.2, -0.15) is 5.10 Å². The molecule has 4 fully saturated rings. The minimum Gasteiger partial charge on any atom is -0.481 e. The summed E-state index contributed by atoms with van der Waals surface area (Å²) in [6, 6.07) is 7.50. The van der Waals surface area contributed by atoms with Gasteiger partial charge in [0.05, 0.1) is 23.8 Å². The topological polar surface area (TPSA) is 84.2 Å². The van der Waals surface area contributed by atoms with E-state index in [4.69, 9.17) is 23.2 Å². The van der Waals surface area contributed by atoms with Crippen LogP contribution in [0.4, 0.5) is 5.69 Å². The van der Waals surface area contributed by atoms with E-state index in [2.05, 4.69) is 10.4 Å². The maximum absolute atomic E-state index is 13.3. The van der Waals surface area contributed by atoms with Crippen molar-refractivity contribution in [3.63, 3.8) is 0 Å². The fourth-order valence-electron chi connectivity index (χ4n) is 6.90. The number of aromatic nitrogens is 2. The van der Waals surface area contributed by atoms with Gasteiger partial charge in [0, 0.05) is 11.6 Å². The van der Waals surface area contributed by atoms with Crippen molar-refractivity contribution < 1.29 is 9.90 Å². The van der Waals surface area contributed by atoms with E-state index in [9.17, 15) is 14.7 Å². The molecule has 164 valence electrons. The van der Waals surface area contributed by atoms with Gasteiger partial charge in [-0.3, -0.25) is 9.59 Å². The zero-order valence-electron chi connectivity index (χ0n) is 17.1. The molecule has 1 aromatic carbocycles. The third-order valence-corrected chi connectivity index (χ3v) is 8.21. The van der Waals surface area contributed by atoms with Crippen LogP contribution in [0.3, 0.4) is 0 Å². The van der Waals surface area contributed by atoms with Crippen LogP contribution in [0.5, 0.6) is 0 Å². The second kappa shape index (κ2) is 7.52. The number of carbonyl (C=O) groups is 1. The van der Waals surface area contributed by atoms with E-state index in [-0.39, 0.29) is 22.4 Å². The summed E-state index contributed by atoms with van der Waals surface area (Å²) in [5.41, 5.74) is 0.415. The van der Waals surface area contributed by atoms with Crippen LogP contribution in [0.2, 0.25) is 10.0 Å². The fraction of sp³-hybridized carbons (Fsp3) is 0.522. The summed E-state index contributed by atoms with van der Waals surface area (Å²) < 4.78 is 1.57. The van der Waals surface area contributed by atoms with Gasteiger partial charge in [-0.05, 0) is 67.4 Å². The second-order valence-electron chi connectivity index (χ2n) is 9.79. The van der Waals surface area contributed by atoms with E-state index in [1.165, 1.54) is 0 Å². The molecule has 0 spiro atoms. The van der Waals surface area contributed by atoms with Crippen molar-refractivity contribution in [2.75, 3.05) is 5.32 Å². The van der Waals surface area contributed by atoms with Crippen molar-refractivity contribution in [3.05, 3.63) is 56.4 Å². The summed E-state index contributed by atoms with van der Waals surface area (Å²) in [4.78, 5) is 24.9. The number of halogens is 2. The first-order valence-electron chi connectivity index (χ1n) is 10.8. The molecule has 6 nitrogen and oxygen atoms in total. The average molecular weight is 462 g/mol. The summed E-state index contributed by atoms with van der Waals surface area (Å²) in [6.07, 6.45) is 7.23. The molecular weight excluding hydrogens is 437 g/mol. The molecule has 6 rings (SSSR count). The van der Waals surface area contributed by atoms with Crippen LogP contribution in [-0.4, -0.2) is 20.9 Å². The predicted molar refractivity (Wildman–Crippen MR) is 120 cm³/mol. The Balaban J connectivity index is 1.44. The number of aliphatic carboxylic acids is 1. The normalized spacial score (nSPS) is 31.0. The highest BCUT2D eigenvalue weighted by atomic mass is 35.5. The van der Waals surface area contributed by atoms with E-state index in [1.54, 1.807) is 10.9 Å². The molecule has 4 bridgehead atoms. The Morgan fingerprint density at radius 2 is 1.90 bits per heavy atom. The third kappa shape index (κ3) is 3.64. The van der Waals surface area contributed by atoms with Crippen LogP contribution in [0, 0.1) is 17.3 Å². The lowest BCUT2D eigenvalue weighted by molar-refractivity contribution is -0.151. The molecule has 0 aliphatic heterocycles. The Bertz CT molecular complexity index is 1090. The van der Waals surface area contributed by atoms with Crippen molar-refractivity contribution in [1.29, 1.82) is 0 Å². The van der Waals surface area contributed by atoms with Gasteiger partial charge in [0.1, 0.15) is 5.02 Å². The Kier molecular flexibility index (Phi) is 5.05. The van der Waals surface area contributed by atoms with Crippen molar-refractivity contribution in [1.82, 2.24) is 9.78 Å². The molecule has 1 heterocycles. The van der Waals surface area contributed by atoms with Crippen molar-refractivity contribution in [3.8, 4) is 0 Å². The molecule has 1 aromatic heterocycles. The molecule has 31 heavy (non-hydrogen) atoms. The average Bonchev–Trinajstić information content (AvgIpc) is 2.68. The van der Waals surface area contributed by atoms with Crippen molar-refractivity contribution in [2.45, 2.75) is 57.0 Å². The molecule has 4 aliphatic carbocycles. The van der Waals surface area contributed by atoms with E-state index in [1.807, 2.05) is 24.3 Å². The number of benzene rings is 1. The van der Waals surface area contributed by atoms with Crippen LogP contribution in [-0.2, 0) is 16.9 Å². The first-order chi connectivity index (χ1) is 14.8. The monoisotopic (exact) mass is 461 g/mol. The van der Waals surface area contributed by atoms with E-state index in [0.29, 0.717) is 35.5 Å². The smallest absolute Gasteiger partial charge is 0.303 e. The molecular formula is C23H25Cl2N3O3. The minimum atomic E-state index is -0.755. The first-order valence-corrected chi connectivity index (χ1v) is 11.5. The van der Waals surface area contributed by atoms with Crippen LogP contribution >= 0.6 is 23.2 Å². The zero-order chi connectivity index (χ0) is 21.8. The van der Waals surface area contributed by atoms with E-state index >= 15 is 0 Å². The van der Waals surface area contributed by atoms with Gasteiger partial charge in [-0.1, -0.05) is 41.4 Å². The summed E-state index contributed by atoms with van der Waals surface area (Å²) in [5, 5.41) is 18.0. The van der Waals surface area contributed by atoms with E-state index in [0.717, 1.165) is 37.7 Å². The minimum absolute atomic E-state index is 0.116. The highest BCUT2D eigenvalue weighted by Gasteiger charge is 2.59. The maximum Gasteiger partial charge on any atom is 0.303 e. The zero-order valence-corrected chi connectivity index (χ0v) is 18.6. The Morgan fingerprint density at radius 3 is 2.58 bits per heavy atom. The molecule has 2 unspecified atom stereocenters.